The third-order valence-electron chi connectivity index (χ3n) is 5.49. The highest BCUT2D eigenvalue weighted by atomic mass is 35.5. The lowest BCUT2D eigenvalue weighted by Gasteiger charge is -2.34. The Morgan fingerprint density at radius 3 is 2.22 bits per heavy atom. The molecule has 0 aromatic heterocycles. The first-order chi connectivity index (χ1) is 10.7. The van der Waals surface area contributed by atoms with Gasteiger partial charge in [-0.3, -0.25) is 9.59 Å². The summed E-state index contributed by atoms with van der Waals surface area (Å²) in [6, 6.07) is 0.413. The van der Waals surface area contributed by atoms with Crippen molar-refractivity contribution in [2.75, 3.05) is 19.6 Å². The largest absolute Gasteiger partial charge is 0.353 e. The van der Waals surface area contributed by atoms with Crippen molar-refractivity contribution in [1.82, 2.24) is 15.5 Å². The Kier molecular flexibility index (Phi) is 7.15. The van der Waals surface area contributed by atoms with Gasteiger partial charge in [-0.25, -0.2) is 0 Å². The maximum absolute atomic E-state index is 12.4. The maximum atomic E-state index is 12.4. The highest BCUT2D eigenvalue weighted by molar-refractivity contribution is 5.85. The van der Waals surface area contributed by atoms with Gasteiger partial charge in [-0.05, 0) is 45.1 Å². The molecule has 0 aromatic carbocycles. The number of carbonyl (C=O) groups excluding carboxylic acids is 2. The Labute approximate surface area is 145 Å². The van der Waals surface area contributed by atoms with Crippen LogP contribution in [0.2, 0.25) is 0 Å². The van der Waals surface area contributed by atoms with Gasteiger partial charge in [-0.15, -0.1) is 12.4 Å². The van der Waals surface area contributed by atoms with Crippen LogP contribution in [0.25, 0.3) is 0 Å². The molecule has 5 nitrogen and oxygen atoms in total. The summed E-state index contributed by atoms with van der Waals surface area (Å²) >= 11 is 0. The Bertz CT molecular complexity index is 399. The van der Waals surface area contributed by atoms with E-state index in [2.05, 4.69) is 10.6 Å². The summed E-state index contributed by atoms with van der Waals surface area (Å²) in [6.07, 6.45) is 9.75. The molecule has 2 aliphatic heterocycles. The van der Waals surface area contributed by atoms with E-state index in [4.69, 9.17) is 0 Å². The number of halogens is 1. The van der Waals surface area contributed by atoms with Crippen LogP contribution in [0.1, 0.15) is 57.8 Å². The minimum Gasteiger partial charge on any atom is -0.353 e. The van der Waals surface area contributed by atoms with Crippen molar-refractivity contribution < 1.29 is 9.59 Å². The standard InChI is InChI=1S/C17H29N3O2.ClH/c21-16(19-14-5-2-1-3-6-14)13-8-11-20(12-9-13)17(22)15-7-4-10-18-15;/h13-15,18H,1-12H2,(H,19,21);1H. The topological polar surface area (TPSA) is 61.4 Å². The molecule has 2 N–H and O–H groups in total. The van der Waals surface area contributed by atoms with Crippen molar-refractivity contribution >= 4 is 24.2 Å². The molecule has 2 saturated heterocycles. The van der Waals surface area contributed by atoms with Crippen LogP contribution in [0.4, 0.5) is 0 Å². The first-order valence-corrected chi connectivity index (χ1v) is 9.06. The monoisotopic (exact) mass is 343 g/mol. The Morgan fingerprint density at radius 1 is 0.913 bits per heavy atom. The number of nitrogens with zero attached hydrogens (tertiary/aromatic N) is 1. The van der Waals surface area contributed by atoms with Crippen LogP contribution in [0.3, 0.4) is 0 Å². The second-order valence-electron chi connectivity index (χ2n) is 7.09. The van der Waals surface area contributed by atoms with Crippen LogP contribution in [0, 0.1) is 5.92 Å². The van der Waals surface area contributed by atoms with Gasteiger partial charge in [0.2, 0.25) is 11.8 Å². The SMILES string of the molecule is Cl.O=C(NC1CCCCC1)C1CCN(C(=O)C2CCCN2)CC1. The molecule has 1 atom stereocenters. The van der Waals surface area contributed by atoms with Crippen molar-refractivity contribution in [3.63, 3.8) is 0 Å². The van der Waals surface area contributed by atoms with Gasteiger partial charge in [-0.1, -0.05) is 19.3 Å². The van der Waals surface area contributed by atoms with E-state index in [-0.39, 0.29) is 36.2 Å². The van der Waals surface area contributed by atoms with Crippen molar-refractivity contribution in [2.24, 2.45) is 5.92 Å². The lowest BCUT2D eigenvalue weighted by molar-refractivity contribution is -0.137. The number of amides is 2. The van der Waals surface area contributed by atoms with E-state index in [0.29, 0.717) is 6.04 Å². The molecule has 0 radical (unpaired) electrons. The highest BCUT2D eigenvalue weighted by Crippen LogP contribution is 2.22. The average Bonchev–Trinajstić information content (AvgIpc) is 3.10. The number of nitrogens with one attached hydrogen (secondary N) is 2. The molecule has 6 heteroatoms. The summed E-state index contributed by atoms with van der Waals surface area (Å²) in [5.41, 5.74) is 0. The Balaban J connectivity index is 0.00000192. The van der Waals surface area contributed by atoms with Gasteiger partial charge in [-0.2, -0.15) is 0 Å². The lowest BCUT2D eigenvalue weighted by atomic mass is 9.92. The minimum atomic E-state index is 0. The number of piperidine rings is 1. The van der Waals surface area contributed by atoms with Crippen molar-refractivity contribution in [2.45, 2.75) is 69.9 Å². The summed E-state index contributed by atoms with van der Waals surface area (Å²) in [5, 5.41) is 6.50. The maximum Gasteiger partial charge on any atom is 0.239 e. The van der Waals surface area contributed by atoms with Crippen LogP contribution in [0.15, 0.2) is 0 Å². The van der Waals surface area contributed by atoms with Crippen LogP contribution in [-0.4, -0.2) is 48.4 Å². The Hall–Kier alpha value is -0.810. The van der Waals surface area contributed by atoms with Crippen molar-refractivity contribution in [3.05, 3.63) is 0 Å². The van der Waals surface area contributed by atoms with Crippen LogP contribution in [0.5, 0.6) is 0 Å². The molecule has 1 aliphatic carbocycles. The molecule has 0 spiro atoms. The number of hydrogen-bond acceptors (Lipinski definition) is 3. The number of rotatable bonds is 3. The van der Waals surface area contributed by atoms with E-state index in [1.54, 1.807) is 0 Å². The fourth-order valence-corrected chi connectivity index (χ4v) is 4.04. The predicted octanol–water partition coefficient (Wildman–Crippen LogP) is 1.85. The number of likely N-dealkylation sites (tertiary alicyclic amines) is 1. The Morgan fingerprint density at radius 2 is 1.61 bits per heavy atom. The van der Waals surface area contributed by atoms with Crippen molar-refractivity contribution in [1.29, 1.82) is 0 Å². The fraction of sp³-hybridized carbons (Fsp3) is 0.882. The second kappa shape index (κ2) is 8.88. The zero-order valence-electron chi connectivity index (χ0n) is 13.9. The lowest BCUT2D eigenvalue weighted by Crippen LogP contribution is -2.49. The number of carbonyl (C=O) groups is 2. The van der Waals surface area contributed by atoms with Gasteiger partial charge in [0.25, 0.3) is 0 Å². The smallest absolute Gasteiger partial charge is 0.239 e. The summed E-state index contributed by atoms with van der Waals surface area (Å²) in [5.74, 6) is 0.559. The molecule has 1 unspecified atom stereocenters. The van der Waals surface area contributed by atoms with Crippen LogP contribution >= 0.6 is 12.4 Å². The van der Waals surface area contributed by atoms with Gasteiger partial charge >= 0.3 is 0 Å². The molecular weight excluding hydrogens is 314 g/mol. The molecule has 2 amide bonds. The molecular formula is C17H30ClN3O2. The molecule has 3 aliphatic rings. The summed E-state index contributed by atoms with van der Waals surface area (Å²) < 4.78 is 0. The molecule has 132 valence electrons. The van der Waals surface area contributed by atoms with Crippen molar-refractivity contribution in [3.8, 4) is 0 Å². The highest BCUT2D eigenvalue weighted by Gasteiger charge is 2.32. The molecule has 0 aromatic rings. The predicted molar refractivity (Wildman–Crippen MR) is 92.6 cm³/mol. The number of hydrogen-bond donors (Lipinski definition) is 2. The van der Waals surface area contributed by atoms with Crippen LogP contribution < -0.4 is 10.6 Å². The van der Waals surface area contributed by atoms with Gasteiger partial charge in [0, 0.05) is 25.0 Å². The molecule has 0 bridgehead atoms. The quantitative estimate of drug-likeness (QED) is 0.822. The first-order valence-electron chi connectivity index (χ1n) is 9.06. The van der Waals surface area contributed by atoms with Gasteiger partial charge in [0.15, 0.2) is 0 Å². The minimum absolute atomic E-state index is 0. The van der Waals surface area contributed by atoms with Crippen LogP contribution in [-0.2, 0) is 9.59 Å². The van der Waals surface area contributed by atoms with E-state index < -0.39 is 0 Å². The summed E-state index contributed by atoms with van der Waals surface area (Å²) in [7, 11) is 0. The van der Waals surface area contributed by atoms with E-state index in [1.165, 1.54) is 19.3 Å². The van der Waals surface area contributed by atoms with E-state index in [9.17, 15) is 9.59 Å². The molecule has 23 heavy (non-hydrogen) atoms. The zero-order chi connectivity index (χ0) is 15.4. The molecule has 2 heterocycles. The second-order valence-corrected chi connectivity index (χ2v) is 7.09. The summed E-state index contributed by atoms with van der Waals surface area (Å²) in [4.78, 5) is 26.7. The first kappa shape index (κ1) is 18.5. The van der Waals surface area contributed by atoms with E-state index in [1.807, 2.05) is 4.90 Å². The van der Waals surface area contributed by atoms with Gasteiger partial charge in [0.1, 0.15) is 0 Å². The molecule has 3 rings (SSSR count). The fourth-order valence-electron chi connectivity index (χ4n) is 4.04. The molecule has 3 fully saturated rings. The average molecular weight is 344 g/mol. The third kappa shape index (κ3) is 4.83. The van der Waals surface area contributed by atoms with E-state index in [0.717, 1.165) is 58.2 Å². The zero-order valence-corrected chi connectivity index (χ0v) is 14.7. The van der Waals surface area contributed by atoms with Gasteiger partial charge in [0.05, 0.1) is 6.04 Å². The summed E-state index contributed by atoms with van der Waals surface area (Å²) in [6.45, 7) is 2.43. The molecule has 1 saturated carbocycles. The third-order valence-corrected chi connectivity index (χ3v) is 5.49. The van der Waals surface area contributed by atoms with E-state index >= 15 is 0 Å². The normalized spacial score (nSPS) is 26.6. The van der Waals surface area contributed by atoms with Gasteiger partial charge < -0.3 is 15.5 Å².